The summed E-state index contributed by atoms with van der Waals surface area (Å²) < 4.78 is 61.2. The van der Waals surface area contributed by atoms with Gasteiger partial charge in [-0.1, -0.05) is 12.1 Å². The summed E-state index contributed by atoms with van der Waals surface area (Å²) >= 11 is 0. The molecule has 0 aromatic heterocycles. The minimum absolute atomic E-state index is 0.0386. The summed E-state index contributed by atoms with van der Waals surface area (Å²) in [6.45, 7) is 0.650. The molecule has 8 heteroatoms. The van der Waals surface area contributed by atoms with Crippen LogP contribution in [-0.2, 0) is 9.84 Å². The monoisotopic (exact) mass is 309 g/mol. The first kappa shape index (κ1) is 15.1. The van der Waals surface area contributed by atoms with Crippen LogP contribution in [0, 0.1) is 0 Å². The zero-order valence-corrected chi connectivity index (χ0v) is 11.3. The van der Waals surface area contributed by atoms with E-state index in [-0.39, 0.29) is 5.69 Å². The summed E-state index contributed by atoms with van der Waals surface area (Å²) in [5.41, 5.74) is -5.28. The van der Waals surface area contributed by atoms with E-state index >= 15 is 0 Å². The lowest BCUT2D eigenvalue weighted by Gasteiger charge is -2.32. The highest BCUT2D eigenvalue weighted by Gasteiger charge is 2.48. The van der Waals surface area contributed by atoms with E-state index in [1.165, 1.54) is 18.2 Å². The van der Waals surface area contributed by atoms with Gasteiger partial charge >= 0.3 is 5.51 Å². The smallest absolute Gasteiger partial charge is 0.393 e. The van der Waals surface area contributed by atoms with Gasteiger partial charge in [0, 0.05) is 13.1 Å². The van der Waals surface area contributed by atoms with Crippen LogP contribution in [0.1, 0.15) is 12.8 Å². The van der Waals surface area contributed by atoms with Gasteiger partial charge in [0.05, 0.1) is 16.7 Å². The molecule has 0 unspecified atom stereocenters. The third-order valence-corrected chi connectivity index (χ3v) is 4.80. The topological polar surface area (TPSA) is 57.6 Å². The number of hydrogen-bond acceptors (Lipinski definition) is 4. The quantitative estimate of drug-likeness (QED) is 0.907. The van der Waals surface area contributed by atoms with Gasteiger partial charge in [-0.05, 0) is 25.0 Å². The molecular weight excluding hydrogens is 295 g/mol. The lowest BCUT2D eigenvalue weighted by atomic mass is 10.1. The van der Waals surface area contributed by atoms with Crippen LogP contribution in [0.4, 0.5) is 18.9 Å². The van der Waals surface area contributed by atoms with E-state index in [4.69, 9.17) is 0 Å². The van der Waals surface area contributed by atoms with Crippen LogP contribution in [-0.4, -0.2) is 38.2 Å². The van der Waals surface area contributed by atoms with Crippen molar-refractivity contribution in [2.45, 2.75) is 29.3 Å². The third kappa shape index (κ3) is 2.76. The predicted octanol–water partition coefficient (Wildman–Crippen LogP) is 1.94. The number of anilines is 1. The molecule has 1 aliphatic rings. The molecule has 1 fully saturated rings. The van der Waals surface area contributed by atoms with Gasteiger partial charge in [0.1, 0.15) is 0 Å². The second kappa shape index (κ2) is 5.25. The number of benzene rings is 1. The standard InChI is InChI=1S/C12H14F3NO3S/c13-12(14,15)20(18,19)11-4-2-1-3-10(11)16-7-5-9(17)6-8-16/h1-4,9,17H,5-8H2. The molecule has 0 spiro atoms. The maximum absolute atomic E-state index is 12.7. The summed E-state index contributed by atoms with van der Waals surface area (Å²) in [7, 11) is -5.37. The number of sulfone groups is 1. The van der Waals surface area contributed by atoms with E-state index in [1.54, 1.807) is 4.90 Å². The number of nitrogens with zero attached hydrogens (tertiary/aromatic N) is 1. The molecule has 1 N–H and O–H groups in total. The van der Waals surface area contributed by atoms with Crippen LogP contribution >= 0.6 is 0 Å². The molecule has 0 aliphatic carbocycles. The molecule has 0 atom stereocenters. The Balaban J connectivity index is 2.42. The fourth-order valence-electron chi connectivity index (χ4n) is 2.18. The number of rotatable bonds is 2. The van der Waals surface area contributed by atoms with Gasteiger partial charge in [0.15, 0.2) is 0 Å². The number of aliphatic hydroxyl groups excluding tert-OH is 1. The normalized spacial score (nSPS) is 18.3. The van der Waals surface area contributed by atoms with Gasteiger partial charge in [-0.25, -0.2) is 8.42 Å². The molecule has 0 saturated carbocycles. The molecular formula is C12H14F3NO3S. The Labute approximate surface area is 114 Å². The Morgan fingerprint density at radius 3 is 2.25 bits per heavy atom. The lowest BCUT2D eigenvalue weighted by molar-refractivity contribution is -0.0435. The Hall–Kier alpha value is -1.28. The number of hydrogen-bond donors (Lipinski definition) is 1. The number of para-hydroxylation sites is 1. The maximum atomic E-state index is 12.7. The van der Waals surface area contributed by atoms with E-state index in [2.05, 4.69) is 0 Å². The third-order valence-electron chi connectivity index (χ3n) is 3.26. The van der Waals surface area contributed by atoms with E-state index < -0.39 is 26.3 Å². The van der Waals surface area contributed by atoms with Crippen LogP contribution in [0.25, 0.3) is 0 Å². The van der Waals surface area contributed by atoms with Crippen LogP contribution in [0.3, 0.4) is 0 Å². The van der Waals surface area contributed by atoms with E-state index in [9.17, 15) is 26.7 Å². The summed E-state index contributed by atoms with van der Waals surface area (Å²) in [5, 5.41) is 9.41. The fraction of sp³-hybridized carbons (Fsp3) is 0.500. The highest BCUT2D eigenvalue weighted by Crippen LogP contribution is 2.36. The average molecular weight is 309 g/mol. The Morgan fingerprint density at radius 2 is 1.70 bits per heavy atom. The van der Waals surface area contributed by atoms with Gasteiger partial charge in [0.2, 0.25) is 0 Å². The van der Waals surface area contributed by atoms with Crippen molar-refractivity contribution in [1.29, 1.82) is 0 Å². The molecule has 1 heterocycles. The zero-order valence-electron chi connectivity index (χ0n) is 10.5. The van der Waals surface area contributed by atoms with Gasteiger partial charge in [-0.3, -0.25) is 0 Å². The number of halogens is 3. The van der Waals surface area contributed by atoms with Crippen LogP contribution in [0.5, 0.6) is 0 Å². The van der Waals surface area contributed by atoms with Gasteiger partial charge in [-0.2, -0.15) is 13.2 Å². The minimum atomic E-state index is -5.37. The second-order valence-electron chi connectivity index (χ2n) is 4.64. The largest absolute Gasteiger partial charge is 0.501 e. The highest BCUT2D eigenvalue weighted by atomic mass is 32.2. The van der Waals surface area contributed by atoms with Crippen molar-refractivity contribution in [2.75, 3.05) is 18.0 Å². The number of alkyl halides is 3. The van der Waals surface area contributed by atoms with Crippen molar-refractivity contribution < 1.29 is 26.7 Å². The van der Waals surface area contributed by atoms with Gasteiger partial charge in [0.25, 0.3) is 9.84 Å². The molecule has 4 nitrogen and oxygen atoms in total. The van der Waals surface area contributed by atoms with Crippen LogP contribution in [0.2, 0.25) is 0 Å². The molecule has 1 saturated heterocycles. The summed E-state index contributed by atoms with van der Waals surface area (Å²) in [6.07, 6.45) is 0.318. The predicted molar refractivity (Wildman–Crippen MR) is 67.1 cm³/mol. The fourth-order valence-corrected chi connectivity index (χ4v) is 3.16. The summed E-state index contributed by atoms with van der Waals surface area (Å²) in [4.78, 5) is 0.828. The first-order valence-electron chi connectivity index (χ1n) is 6.07. The van der Waals surface area contributed by atoms with Crippen molar-refractivity contribution in [3.8, 4) is 0 Å². The van der Waals surface area contributed by atoms with E-state index in [1.807, 2.05) is 0 Å². The van der Waals surface area contributed by atoms with Crippen molar-refractivity contribution >= 4 is 15.5 Å². The zero-order chi connectivity index (χ0) is 15.0. The second-order valence-corrected chi connectivity index (χ2v) is 6.54. The van der Waals surface area contributed by atoms with Crippen molar-refractivity contribution in [2.24, 2.45) is 0 Å². The first-order chi connectivity index (χ1) is 9.23. The Bertz CT molecular complexity index is 578. The van der Waals surface area contributed by atoms with Crippen molar-refractivity contribution in [3.63, 3.8) is 0 Å². The first-order valence-corrected chi connectivity index (χ1v) is 7.55. The highest BCUT2D eigenvalue weighted by molar-refractivity contribution is 7.92. The molecule has 1 aromatic rings. The van der Waals surface area contributed by atoms with E-state index in [0.29, 0.717) is 25.9 Å². The molecule has 0 amide bonds. The minimum Gasteiger partial charge on any atom is -0.393 e. The molecule has 112 valence electrons. The van der Waals surface area contributed by atoms with Gasteiger partial charge < -0.3 is 10.0 Å². The van der Waals surface area contributed by atoms with Crippen LogP contribution < -0.4 is 4.90 Å². The molecule has 1 aliphatic heterocycles. The molecule has 0 bridgehead atoms. The molecule has 0 radical (unpaired) electrons. The lowest BCUT2D eigenvalue weighted by Crippen LogP contribution is -2.37. The average Bonchev–Trinajstić information content (AvgIpc) is 2.38. The van der Waals surface area contributed by atoms with E-state index in [0.717, 1.165) is 6.07 Å². The number of piperidine rings is 1. The Morgan fingerprint density at radius 1 is 1.15 bits per heavy atom. The van der Waals surface area contributed by atoms with Gasteiger partial charge in [-0.15, -0.1) is 0 Å². The summed E-state index contributed by atoms with van der Waals surface area (Å²) in [5.74, 6) is 0. The molecule has 2 rings (SSSR count). The molecule has 1 aromatic carbocycles. The number of aliphatic hydroxyl groups is 1. The Kier molecular flexibility index (Phi) is 3.97. The maximum Gasteiger partial charge on any atom is 0.501 e. The SMILES string of the molecule is O=S(=O)(c1ccccc1N1CCC(O)CC1)C(F)(F)F. The summed E-state index contributed by atoms with van der Waals surface area (Å²) in [6, 6.07) is 5.08. The van der Waals surface area contributed by atoms with Crippen molar-refractivity contribution in [3.05, 3.63) is 24.3 Å². The molecule has 20 heavy (non-hydrogen) atoms. The van der Waals surface area contributed by atoms with Crippen LogP contribution in [0.15, 0.2) is 29.2 Å². The van der Waals surface area contributed by atoms with Crippen molar-refractivity contribution in [1.82, 2.24) is 0 Å².